The smallest absolute Gasteiger partial charge is 0.387 e. The molecule has 0 aliphatic carbocycles. The second-order valence-corrected chi connectivity index (χ2v) is 5.65. The highest BCUT2D eigenvalue weighted by Crippen LogP contribution is 2.19. The van der Waals surface area contributed by atoms with Crippen molar-refractivity contribution in [2.75, 3.05) is 13.2 Å². The van der Waals surface area contributed by atoms with Gasteiger partial charge >= 0.3 is 24.6 Å². The molecule has 0 saturated carbocycles. The second-order valence-electron chi connectivity index (χ2n) is 5.65. The van der Waals surface area contributed by atoms with E-state index in [1.54, 1.807) is 13.8 Å². The van der Waals surface area contributed by atoms with Gasteiger partial charge in [-0.25, -0.2) is 14.4 Å². The van der Waals surface area contributed by atoms with Gasteiger partial charge in [0.1, 0.15) is 12.4 Å². The average Bonchev–Trinajstić information content (AvgIpc) is 2.65. The van der Waals surface area contributed by atoms with Crippen LogP contribution >= 0.6 is 0 Å². The number of alkyl halides is 2. The predicted octanol–water partition coefficient (Wildman–Crippen LogP) is 2.35. The van der Waals surface area contributed by atoms with E-state index < -0.39 is 37.2 Å². The maximum atomic E-state index is 12.3. The number of amides is 2. The van der Waals surface area contributed by atoms with Crippen LogP contribution in [0.4, 0.5) is 13.6 Å². The third-order valence-corrected chi connectivity index (χ3v) is 3.79. The molecule has 1 aromatic rings. The summed E-state index contributed by atoms with van der Waals surface area (Å²) in [7, 11) is 0. The minimum Gasteiger partial charge on any atom is -0.463 e. The molecule has 10 heteroatoms. The Bertz CT molecular complexity index is 781. The number of halogens is 2. The average molecular weight is 398 g/mol. The summed E-state index contributed by atoms with van der Waals surface area (Å²) in [4.78, 5) is 36.3. The number of urea groups is 1. The molecule has 2 N–H and O–H groups in total. The molecule has 0 spiro atoms. The molecule has 0 bridgehead atoms. The van der Waals surface area contributed by atoms with Crippen molar-refractivity contribution >= 4 is 18.0 Å². The Labute approximate surface area is 159 Å². The zero-order valence-corrected chi connectivity index (χ0v) is 15.3. The minimum atomic E-state index is -3.03. The minimum absolute atomic E-state index is 0.0243. The molecule has 2 rings (SSSR count). The van der Waals surface area contributed by atoms with Gasteiger partial charge in [-0.05, 0) is 31.5 Å². The number of ether oxygens (including phenoxy) is 3. The maximum absolute atomic E-state index is 12.3. The maximum Gasteiger partial charge on any atom is 0.387 e. The molecule has 0 fully saturated rings. The number of benzene rings is 1. The predicted molar refractivity (Wildman–Crippen MR) is 92.8 cm³/mol. The number of hydrogen-bond acceptors (Lipinski definition) is 6. The first-order chi connectivity index (χ1) is 13.3. The van der Waals surface area contributed by atoms with Crippen molar-refractivity contribution in [3.05, 3.63) is 41.1 Å². The van der Waals surface area contributed by atoms with Crippen LogP contribution in [0.15, 0.2) is 35.5 Å². The Kier molecular flexibility index (Phi) is 7.30. The summed E-state index contributed by atoms with van der Waals surface area (Å²) >= 11 is 0. The fourth-order valence-electron chi connectivity index (χ4n) is 2.60. The van der Waals surface area contributed by atoms with E-state index in [-0.39, 0.29) is 29.2 Å². The Hall–Kier alpha value is -3.17. The monoisotopic (exact) mass is 398 g/mol. The van der Waals surface area contributed by atoms with E-state index in [4.69, 9.17) is 9.47 Å². The van der Waals surface area contributed by atoms with Crippen molar-refractivity contribution in [3.63, 3.8) is 0 Å². The molecular formula is C18H20F2N2O6. The van der Waals surface area contributed by atoms with E-state index >= 15 is 0 Å². The topological polar surface area (TPSA) is 103 Å². The molecule has 1 atom stereocenters. The molecule has 28 heavy (non-hydrogen) atoms. The van der Waals surface area contributed by atoms with Gasteiger partial charge in [-0.1, -0.05) is 13.0 Å². The molecule has 0 unspecified atom stereocenters. The highest BCUT2D eigenvalue weighted by atomic mass is 19.3. The SMILES string of the molecule is CCOC(=O)C1=C(COC(=O)c2cccc(OC(F)F)c2)NC(=O)N[C@H]1CC. The van der Waals surface area contributed by atoms with Gasteiger partial charge in [-0.3, -0.25) is 0 Å². The van der Waals surface area contributed by atoms with Crippen molar-refractivity contribution in [1.82, 2.24) is 10.6 Å². The van der Waals surface area contributed by atoms with Crippen LogP contribution in [0.25, 0.3) is 0 Å². The first-order valence-electron chi connectivity index (χ1n) is 8.55. The Balaban J connectivity index is 2.18. The van der Waals surface area contributed by atoms with Crippen LogP contribution in [0.1, 0.15) is 30.6 Å². The number of carbonyl (C=O) groups excluding carboxylic acids is 3. The van der Waals surface area contributed by atoms with Crippen LogP contribution in [-0.2, 0) is 14.3 Å². The van der Waals surface area contributed by atoms with Gasteiger partial charge in [-0.15, -0.1) is 0 Å². The fourth-order valence-corrected chi connectivity index (χ4v) is 2.60. The van der Waals surface area contributed by atoms with Crippen molar-refractivity contribution < 1.29 is 37.4 Å². The number of carbonyl (C=O) groups is 3. The largest absolute Gasteiger partial charge is 0.463 e. The third kappa shape index (κ3) is 5.41. The zero-order chi connectivity index (χ0) is 20.7. The van der Waals surface area contributed by atoms with Crippen molar-refractivity contribution in [3.8, 4) is 5.75 Å². The standard InChI is InChI=1S/C18H20F2N2O6/c1-3-12-14(16(24)26-4-2)13(22-18(25)21-12)9-27-15(23)10-6-5-7-11(8-10)28-17(19)20/h5-8,12,17H,3-4,9H2,1-2H3,(H2,21,22,25)/t12-/m0/s1. The van der Waals surface area contributed by atoms with Gasteiger partial charge in [0.15, 0.2) is 0 Å². The Morgan fingerprint density at radius 1 is 1.18 bits per heavy atom. The van der Waals surface area contributed by atoms with Crippen LogP contribution in [0.5, 0.6) is 5.75 Å². The lowest BCUT2D eigenvalue weighted by Gasteiger charge is -2.28. The molecule has 0 saturated heterocycles. The third-order valence-electron chi connectivity index (χ3n) is 3.79. The van der Waals surface area contributed by atoms with Gasteiger partial charge in [0.05, 0.1) is 29.5 Å². The molecule has 1 aromatic carbocycles. The van der Waals surface area contributed by atoms with E-state index in [2.05, 4.69) is 15.4 Å². The Morgan fingerprint density at radius 3 is 2.57 bits per heavy atom. The molecule has 0 aromatic heterocycles. The van der Waals surface area contributed by atoms with Crippen LogP contribution in [-0.4, -0.2) is 43.8 Å². The summed E-state index contributed by atoms with van der Waals surface area (Å²) in [6, 6.07) is 3.95. The summed E-state index contributed by atoms with van der Waals surface area (Å²) in [6.45, 7) is 0.114. The quantitative estimate of drug-likeness (QED) is 0.652. The molecule has 1 aliphatic heterocycles. The summed E-state index contributed by atoms with van der Waals surface area (Å²) < 4.78 is 39.0. The van der Waals surface area contributed by atoms with E-state index in [0.717, 1.165) is 6.07 Å². The number of rotatable bonds is 8. The number of hydrogen-bond donors (Lipinski definition) is 2. The highest BCUT2D eigenvalue weighted by molar-refractivity contribution is 5.95. The van der Waals surface area contributed by atoms with Gasteiger partial charge in [-0.2, -0.15) is 8.78 Å². The van der Waals surface area contributed by atoms with Crippen LogP contribution in [0, 0.1) is 0 Å². The lowest BCUT2D eigenvalue weighted by Crippen LogP contribution is -2.51. The van der Waals surface area contributed by atoms with Crippen LogP contribution in [0.3, 0.4) is 0 Å². The number of nitrogens with one attached hydrogen (secondary N) is 2. The van der Waals surface area contributed by atoms with Gasteiger partial charge in [0, 0.05) is 0 Å². The lowest BCUT2D eigenvalue weighted by atomic mass is 10.0. The van der Waals surface area contributed by atoms with Gasteiger partial charge in [0.2, 0.25) is 0 Å². The summed E-state index contributed by atoms with van der Waals surface area (Å²) in [5.74, 6) is -1.67. The van der Waals surface area contributed by atoms with E-state index in [1.807, 2.05) is 0 Å². The molecule has 152 valence electrons. The molecule has 1 heterocycles. The molecular weight excluding hydrogens is 378 g/mol. The normalized spacial score (nSPS) is 16.3. The molecule has 8 nitrogen and oxygen atoms in total. The summed E-state index contributed by atoms with van der Waals surface area (Å²) in [5, 5.41) is 5.04. The van der Waals surface area contributed by atoms with E-state index in [9.17, 15) is 23.2 Å². The van der Waals surface area contributed by atoms with E-state index in [0.29, 0.717) is 6.42 Å². The summed E-state index contributed by atoms with van der Waals surface area (Å²) in [6.07, 6.45) is 0.423. The highest BCUT2D eigenvalue weighted by Gasteiger charge is 2.32. The van der Waals surface area contributed by atoms with Crippen molar-refractivity contribution in [1.29, 1.82) is 0 Å². The summed E-state index contributed by atoms with van der Waals surface area (Å²) in [5.41, 5.74) is 0.234. The van der Waals surface area contributed by atoms with E-state index in [1.165, 1.54) is 18.2 Å². The van der Waals surface area contributed by atoms with Gasteiger partial charge < -0.3 is 24.8 Å². The zero-order valence-electron chi connectivity index (χ0n) is 15.3. The van der Waals surface area contributed by atoms with Crippen molar-refractivity contribution in [2.24, 2.45) is 0 Å². The Morgan fingerprint density at radius 2 is 1.93 bits per heavy atom. The molecule has 1 aliphatic rings. The first kappa shape index (κ1) is 21.1. The van der Waals surface area contributed by atoms with Crippen molar-refractivity contribution in [2.45, 2.75) is 32.9 Å². The number of esters is 2. The lowest BCUT2D eigenvalue weighted by molar-refractivity contribution is -0.139. The molecule has 2 amide bonds. The molecule has 0 radical (unpaired) electrons. The van der Waals surface area contributed by atoms with Crippen LogP contribution in [0.2, 0.25) is 0 Å². The first-order valence-corrected chi connectivity index (χ1v) is 8.55. The second kappa shape index (κ2) is 9.67. The van der Waals surface area contributed by atoms with Gasteiger partial charge in [0.25, 0.3) is 0 Å². The fraction of sp³-hybridized carbons (Fsp3) is 0.389. The van der Waals surface area contributed by atoms with Crippen LogP contribution < -0.4 is 15.4 Å².